The highest BCUT2D eigenvalue weighted by Crippen LogP contribution is 2.25. The van der Waals surface area contributed by atoms with Gasteiger partial charge in [-0.05, 0) is 12.8 Å². The smallest absolute Gasteiger partial charge is 0.310 e. The lowest BCUT2D eigenvalue weighted by atomic mass is 9.83. The molecule has 0 amide bonds. The Morgan fingerprint density at radius 3 is 2.00 bits per heavy atom. The standard InChI is InChI=1S/C9H20N2O4S/c1-5-9(6-2,8(12)13)7-10-16(14,15)11(3)4/h10H,5-7H2,1-4H3,(H,12,13). The van der Waals surface area contributed by atoms with E-state index < -0.39 is 21.6 Å². The summed E-state index contributed by atoms with van der Waals surface area (Å²) in [5.74, 6) is -0.973. The average Bonchev–Trinajstić information content (AvgIpc) is 2.19. The first kappa shape index (κ1) is 15.3. The molecule has 96 valence electrons. The van der Waals surface area contributed by atoms with Crippen LogP contribution in [0.2, 0.25) is 0 Å². The van der Waals surface area contributed by atoms with E-state index in [0.717, 1.165) is 4.31 Å². The first-order chi connectivity index (χ1) is 7.22. The largest absolute Gasteiger partial charge is 0.481 e. The molecule has 0 heterocycles. The highest BCUT2D eigenvalue weighted by Gasteiger charge is 2.36. The average molecular weight is 252 g/mol. The van der Waals surface area contributed by atoms with Crippen LogP contribution in [0, 0.1) is 5.41 Å². The first-order valence-electron chi connectivity index (χ1n) is 5.12. The van der Waals surface area contributed by atoms with Gasteiger partial charge in [-0.15, -0.1) is 0 Å². The van der Waals surface area contributed by atoms with Crippen LogP contribution in [0.5, 0.6) is 0 Å². The number of nitrogens with one attached hydrogen (secondary N) is 1. The highest BCUT2D eigenvalue weighted by atomic mass is 32.2. The molecule has 0 rings (SSSR count). The fraction of sp³-hybridized carbons (Fsp3) is 0.889. The Labute approximate surface area is 96.8 Å². The molecule has 16 heavy (non-hydrogen) atoms. The van der Waals surface area contributed by atoms with E-state index in [1.165, 1.54) is 14.1 Å². The zero-order valence-electron chi connectivity index (χ0n) is 10.1. The molecule has 0 saturated carbocycles. The predicted octanol–water partition coefficient (Wildman–Crippen LogP) is 0.273. The predicted molar refractivity (Wildman–Crippen MR) is 61.3 cm³/mol. The number of aliphatic carboxylic acids is 1. The van der Waals surface area contributed by atoms with Gasteiger partial charge in [0.15, 0.2) is 0 Å². The highest BCUT2D eigenvalue weighted by molar-refractivity contribution is 7.87. The third-order valence-corrected chi connectivity index (χ3v) is 4.35. The molecule has 0 atom stereocenters. The number of nitrogens with zero attached hydrogens (tertiary/aromatic N) is 1. The minimum Gasteiger partial charge on any atom is -0.481 e. The van der Waals surface area contributed by atoms with Crippen molar-refractivity contribution >= 4 is 16.2 Å². The quantitative estimate of drug-likeness (QED) is 0.681. The van der Waals surface area contributed by atoms with Crippen molar-refractivity contribution in [3.05, 3.63) is 0 Å². The Morgan fingerprint density at radius 1 is 1.31 bits per heavy atom. The van der Waals surface area contributed by atoms with Crippen molar-refractivity contribution < 1.29 is 18.3 Å². The number of rotatable bonds is 7. The normalized spacial score (nSPS) is 13.1. The second kappa shape index (κ2) is 5.60. The molecule has 0 unspecified atom stereocenters. The molecule has 0 fully saturated rings. The number of carboxylic acid groups (broad SMARTS) is 1. The zero-order chi connectivity index (χ0) is 13.0. The Balaban J connectivity index is 4.76. The summed E-state index contributed by atoms with van der Waals surface area (Å²) in [4.78, 5) is 11.1. The van der Waals surface area contributed by atoms with Crippen LogP contribution in [0.1, 0.15) is 26.7 Å². The second-order valence-electron chi connectivity index (χ2n) is 3.90. The summed E-state index contributed by atoms with van der Waals surface area (Å²) in [5.41, 5.74) is -1.02. The summed E-state index contributed by atoms with van der Waals surface area (Å²) in [7, 11) is -0.782. The van der Waals surface area contributed by atoms with Crippen LogP contribution in [-0.2, 0) is 15.0 Å². The van der Waals surface area contributed by atoms with Gasteiger partial charge in [0.25, 0.3) is 10.2 Å². The van der Waals surface area contributed by atoms with Gasteiger partial charge in [0.1, 0.15) is 0 Å². The summed E-state index contributed by atoms with van der Waals surface area (Å²) in [6, 6.07) is 0. The van der Waals surface area contributed by atoms with E-state index in [4.69, 9.17) is 5.11 Å². The van der Waals surface area contributed by atoms with Crippen LogP contribution < -0.4 is 4.72 Å². The van der Waals surface area contributed by atoms with Crippen molar-refractivity contribution in [3.63, 3.8) is 0 Å². The van der Waals surface area contributed by atoms with E-state index in [1.54, 1.807) is 13.8 Å². The number of hydrogen-bond donors (Lipinski definition) is 2. The summed E-state index contributed by atoms with van der Waals surface area (Å²) >= 11 is 0. The van der Waals surface area contributed by atoms with Crippen molar-refractivity contribution in [2.75, 3.05) is 20.6 Å². The van der Waals surface area contributed by atoms with Crippen LogP contribution in [0.25, 0.3) is 0 Å². The molecule has 0 aromatic heterocycles. The van der Waals surface area contributed by atoms with Crippen molar-refractivity contribution in [2.24, 2.45) is 5.41 Å². The fourth-order valence-corrected chi connectivity index (χ4v) is 1.95. The molecule has 0 bridgehead atoms. The SMILES string of the molecule is CCC(CC)(CNS(=O)(=O)N(C)C)C(=O)O. The van der Waals surface area contributed by atoms with Crippen LogP contribution >= 0.6 is 0 Å². The minimum atomic E-state index is -3.57. The third-order valence-electron chi connectivity index (χ3n) is 2.88. The van der Waals surface area contributed by atoms with Gasteiger partial charge in [0.05, 0.1) is 5.41 Å². The summed E-state index contributed by atoms with van der Waals surface area (Å²) in [6.45, 7) is 3.39. The molecular formula is C9H20N2O4S. The van der Waals surface area contributed by atoms with Gasteiger partial charge in [0.2, 0.25) is 0 Å². The zero-order valence-corrected chi connectivity index (χ0v) is 11.0. The Bertz CT molecular complexity index is 333. The number of carbonyl (C=O) groups is 1. The molecule has 7 heteroatoms. The van der Waals surface area contributed by atoms with Gasteiger partial charge in [-0.1, -0.05) is 13.8 Å². The second-order valence-corrected chi connectivity index (χ2v) is 5.87. The summed E-state index contributed by atoms with van der Waals surface area (Å²) in [5, 5.41) is 9.11. The number of hydrogen-bond acceptors (Lipinski definition) is 3. The maximum Gasteiger partial charge on any atom is 0.310 e. The van der Waals surface area contributed by atoms with E-state index >= 15 is 0 Å². The van der Waals surface area contributed by atoms with Crippen molar-refractivity contribution in [2.45, 2.75) is 26.7 Å². The van der Waals surface area contributed by atoms with Crippen molar-refractivity contribution in [1.82, 2.24) is 9.03 Å². The third kappa shape index (κ3) is 3.43. The van der Waals surface area contributed by atoms with E-state index in [0.29, 0.717) is 12.8 Å². The van der Waals surface area contributed by atoms with Crippen molar-refractivity contribution in [1.29, 1.82) is 0 Å². The van der Waals surface area contributed by atoms with Gasteiger partial charge >= 0.3 is 5.97 Å². The van der Waals surface area contributed by atoms with E-state index in [-0.39, 0.29) is 6.54 Å². The van der Waals surface area contributed by atoms with Gasteiger partial charge in [0, 0.05) is 20.6 Å². The topological polar surface area (TPSA) is 86.7 Å². The lowest BCUT2D eigenvalue weighted by molar-refractivity contribution is -0.149. The molecule has 0 aliphatic carbocycles. The molecule has 6 nitrogen and oxygen atoms in total. The molecule has 0 spiro atoms. The molecule has 0 aliphatic heterocycles. The molecule has 0 aromatic rings. The van der Waals surface area contributed by atoms with Crippen molar-refractivity contribution in [3.8, 4) is 0 Å². The molecule has 0 saturated heterocycles. The van der Waals surface area contributed by atoms with E-state index in [2.05, 4.69) is 4.72 Å². The van der Waals surface area contributed by atoms with Gasteiger partial charge in [-0.3, -0.25) is 4.79 Å². The van der Waals surface area contributed by atoms with Crippen LogP contribution in [0.15, 0.2) is 0 Å². The summed E-state index contributed by atoms with van der Waals surface area (Å²) < 4.78 is 26.2. The molecule has 0 radical (unpaired) electrons. The van der Waals surface area contributed by atoms with Crippen LogP contribution in [-0.4, -0.2) is 44.4 Å². The monoisotopic (exact) mass is 252 g/mol. The number of carboxylic acids is 1. The lowest BCUT2D eigenvalue weighted by Crippen LogP contribution is -2.45. The molecular weight excluding hydrogens is 232 g/mol. The lowest BCUT2D eigenvalue weighted by Gasteiger charge is -2.27. The molecule has 0 aromatic carbocycles. The Hall–Kier alpha value is -0.660. The fourth-order valence-electron chi connectivity index (χ4n) is 1.24. The summed E-state index contributed by atoms with van der Waals surface area (Å²) in [6.07, 6.45) is 0.767. The van der Waals surface area contributed by atoms with Crippen LogP contribution in [0.4, 0.5) is 0 Å². The van der Waals surface area contributed by atoms with Crippen LogP contribution in [0.3, 0.4) is 0 Å². The Kier molecular flexibility index (Phi) is 5.37. The molecule has 0 aliphatic rings. The van der Waals surface area contributed by atoms with Gasteiger partial charge in [-0.25, -0.2) is 4.72 Å². The molecule has 2 N–H and O–H groups in total. The van der Waals surface area contributed by atoms with E-state index in [1.807, 2.05) is 0 Å². The van der Waals surface area contributed by atoms with E-state index in [9.17, 15) is 13.2 Å². The first-order valence-corrected chi connectivity index (χ1v) is 6.56. The maximum absolute atomic E-state index is 11.5. The van der Waals surface area contributed by atoms with Gasteiger partial charge in [-0.2, -0.15) is 12.7 Å². The minimum absolute atomic E-state index is 0.0875. The van der Waals surface area contributed by atoms with Gasteiger partial charge < -0.3 is 5.11 Å². The Morgan fingerprint density at radius 2 is 1.75 bits per heavy atom. The maximum atomic E-state index is 11.5.